The smallest absolute Gasteiger partial charge is 0.273 e. The maximum absolute atomic E-state index is 11.0. The van der Waals surface area contributed by atoms with E-state index in [0.29, 0.717) is 5.69 Å². The lowest BCUT2D eigenvalue weighted by Crippen LogP contribution is -2.20. The van der Waals surface area contributed by atoms with Crippen LogP contribution in [0.1, 0.15) is 19.4 Å². The largest absolute Gasteiger partial charge is 0.394 e. The molecular weight excluding hydrogens is 152 g/mol. The third-order valence-electron chi connectivity index (χ3n) is 1.52. The Morgan fingerprint density at radius 3 is 2.33 bits per heavy atom. The van der Waals surface area contributed by atoms with Crippen molar-refractivity contribution in [2.24, 2.45) is 7.05 Å². The summed E-state index contributed by atoms with van der Waals surface area (Å²) >= 11 is 0. The monoisotopic (exact) mass is 168 g/mol. The average Bonchev–Trinajstić information content (AvgIpc) is 2.12. The zero-order chi connectivity index (χ0) is 9.72. The van der Waals surface area contributed by atoms with Crippen molar-refractivity contribution in [2.45, 2.75) is 20.8 Å². The van der Waals surface area contributed by atoms with Crippen LogP contribution in [0.15, 0.2) is 17.1 Å². The van der Waals surface area contributed by atoms with Crippen molar-refractivity contribution in [2.75, 3.05) is 5.73 Å². The molecule has 0 aromatic carbocycles. The van der Waals surface area contributed by atoms with E-state index < -0.39 is 0 Å². The van der Waals surface area contributed by atoms with E-state index in [2.05, 4.69) is 0 Å². The molecule has 68 valence electrons. The van der Waals surface area contributed by atoms with Gasteiger partial charge in [0.05, 0.1) is 0 Å². The quantitative estimate of drug-likeness (QED) is 0.634. The molecular formula is C9H16N2O. The summed E-state index contributed by atoms with van der Waals surface area (Å²) in [6, 6.07) is 1.82. The fourth-order valence-electron chi connectivity index (χ4n) is 0.740. The summed E-state index contributed by atoms with van der Waals surface area (Å²) in [5.74, 6) is 0. The van der Waals surface area contributed by atoms with Crippen LogP contribution in [0.25, 0.3) is 0 Å². The van der Waals surface area contributed by atoms with E-state index in [1.165, 1.54) is 4.57 Å². The van der Waals surface area contributed by atoms with Crippen LogP contribution in [0, 0.1) is 6.92 Å². The molecule has 0 aliphatic carbocycles. The summed E-state index contributed by atoms with van der Waals surface area (Å²) in [7, 11) is 1.68. The number of nitrogens with two attached hydrogens (primary N) is 1. The van der Waals surface area contributed by atoms with Gasteiger partial charge in [-0.2, -0.15) is 0 Å². The molecule has 0 atom stereocenters. The summed E-state index contributed by atoms with van der Waals surface area (Å²) in [5, 5.41) is 0. The molecule has 3 heteroatoms. The first kappa shape index (κ1) is 10.8. The van der Waals surface area contributed by atoms with Crippen LogP contribution < -0.4 is 11.3 Å². The third-order valence-corrected chi connectivity index (χ3v) is 1.52. The standard InChI is InChI=1S/C7H10N2O.C2H6/c1-5-3-4-9(2)7(10)6(5)8;1-2/h3-4H,8H2,1-2H3;1-2H3. The highest BCUT2D eigenvalue weighted by atomic mass is 16.1. The highest BCUT2D eigenvalue weighted by molar-refractivity contribution is 5.42. The third kappa shape index (κ3) is 2.12. The van der Waals surface area contributed by atoms with Crippen molar-refractivity contribution in [3.8, 4) is 0 Å². The zero-order valence-corrected chi connectivity index (χ0v) is 8.09. The maximum Gasteiger partial charge on any atom is 0.273 e. The van der Waals surface area contributed by atoms with Crippen LogP contribution in [0.3, 0.4) is 0 Å². The number of anilines is 1. The van der Waals surface area contributed by atoms with Gasteiger partial charge in [0.15, 0.2) is 0 Å². The Kier molecular flexibility index (Phi) is 4.11. The molecule has 0 fully saturated rings. The highest BCUT2D eigenvalue weighted by Gasteiger charge is 1.97. The Morgan fingerprint density at radius 2 is 1.92 bits per heavy atom. The minimum atomic E-state index is -0.125. The van der Waals surface area contributed by atoms with Gasteiger partial charge in [0, 0.05) is 13.2 Å². The van der Waals surface area contributed by atoms with Gasteiger partial charge in [-0.15, -0.1) is 0 Å². The van der Waals surface area contributed by atoms with Crippen molar-refractivity contribution >= 4 is 5.69 Å². The predicted molar refractivity (Wildman–Crippen MR) is 52.2 cm³/mol. The van der Waals surface area contributed by atoms with Crippen LogP contribution in [-0.4, -0.2) is 4.57 Å². The van der Waals surface area contributed by atoms with E-state index in [1.807, 2.05) is 26.8 Å². The number of aromatic nitrogens is 1. The zero-order valence-electron chi connectivity index (χ0n) is 8.09. The summed E-state index contributed by atoms with van der Waals surface area (Å²) < 4.78 is 1.46. The SMILES string of the molecule is CC.Cc1ccn(C)c(=O)c1N. The molecule has 0 radical (unpaired) electrons. The highest BCUT2D eigenvalue weighted by Crippen LogP contribution is 2.00. The number of nitrogen functional groups attached to an aromatic ring is 1. The lowest BCUT2D eigenvalue weighted by molar-refractivity contribution is 0.860. The van der Waals surface area contributed by atoms with E-state index in [-0.39, 0.29) is 5.56 Å². The Hall–Kier alpha value is -1.25. The van der Waals surface area contributed by atoms with Gasteiger partial charge in [0.25, 0.3) is 5.56 Å². The van der Waals surface area contributed by atoms with Gasteiger partial charge >= 0.3 is 0 Å². The number of pyridine rings is 1. The van der Waals surface area contributed by atoms with Gasteiger partial charge < -0.3 is 10.3 Å². The molecule has 0 spiro atoms. The number of aryl methyl sites for hydroxylation is 2. The van der Waals surface area contributed by atoms with Gasteiger partial charge in [-0.25, -0.2) is 0 Å². The number of nitrogens with zero attached hydrogens (tertiary/aromatic N) is 1. The first-order valence-corrected chi connectivity index (χ1v) is 4.04. The van der Waals surface area contributed by atoms with Crippen LogP contribution in [0.5, 0.6) is 0 Å². The molecule has 0 bridgehead atoms. The second kappa shape index (κ2) is 4.59. The summed E-state index contributed by atoms with van der Waals surface area (Å²) in [4.78, 5) is 11.0. The molecule has 12 heavy (non-hydrogen) atoms. The summed E-state index contributed by atoms with van der Waals surface area (Å²) in [5.41, 5.74) is 6.50. The second-order valence-electron chi connectivity index (χ2n) is 2.33. The van der Waals surface area contributed by atoms with Crippen molar-refractivity contribution in [3.63, 3.8) is 0 Å². The predicted octanol–water partition coefficient (Wildman–Crippen LogP) is 1.30. The molecule has 0 unspecified atom stereocenters. The summed E-state index contributed by atoms with van der Waals surface area (Å²) in [6.07, 6.45) is 1.70. The molecule has 1 aromatic heterocycles. The van der Waals surface area contributed by atoms with Crippen molar-refractivity contribution in [1.29, 1.82) is 0 Å². The topological polar surface area (TPSA) is 48.0 Å². The lowest BCUT2D eigenvalue weighted by Gasteiger charge is -2.00. The lowest BCUT2D eigenvalue weighted by atomic mass is 10.2. The minimum absolute atomic E-state index is 0.125. The number of rotatable bonds is 0. The van der Waals surface area contributed by atoms with Crippen molar-refractivity contribution in [1.82, 2.24) is 4.57 Å². The Balaban J connectivity index is 0.000000561. The molecule has 0 saturated heterocycles. The van der Waals surface area contributed by atoms with Crippen molar-refractivity contribution < 1.29 is 0 Å². The Bertz CT molecular complexity index is 302. The van der Waals surface area contributed by atoms with E-state index >= 15 is 0 Å². The van der Waals surface area contributed by atoms with E-state index in [1.54, 1.807) is 13.2 Å². The molecule has 2 N–H and O–H groups in total. The Morgan fingerprint density at radius 1 is 1.42 bits per heavy atom. The van der Waals surface area contributed by atoms with Crippen LogP contribution in [0.2, 0.25) is 0 Å². The van der Waals surface area contributed by atoms with Crippen LogP contribution in [0.4, 0.5) is 5.69 Å². The van der Waals surface area contributed by atoms with E-state index in [4.69, 9.17) is 5.73 Å². The van der Waals surface area contributed by atoms with Gasteiger partial charge in [-0.3, -0.25) is 4.79 Å². The van der Waals surface area contributed by atoms with Gasteiger partial charge in [-0.05, 0) is 18.6 Å². The molecule has 1 heterocycles. The van der Waals surface area contributed by atoms with Crippen LogP contribution >= 0.6 is 0 Å². The molecule has 1 aromatic rings. The van der Waals surface area contributed by atoms with E-state index in [0.717, 1.165) is 5.56 Å². The van der Waals surface area contributed by atoms with Gasteiger partial charge in [0.2, 0.25) is 0 Å². The first-order chi connectivity index (χ1) is 5.63. The summed E-state index contributed by atoms with van der Waals surface area (Å²) in [6.45, 7) is 5.82. The fraction of sp³-hybridized carbons (Fsp3) is 0.444. The average molecular weight is 168 g/mol. The minimum Gasteiger partial charge on any atom is -0.394 e. The molecule has 3 nitrogen and oxygen atoms in total. The number of hydrogen-bond acceptors (Lipinski definition) is 2. The van der Waals surface area contributed by atoms with Gasteiger partial charge in [0.1, 0.15) is 5.69 Å². The molecule has 0 aliphatic heterocycles. The van der Waals surface area contributed by atoms with Crippen LogP contribution in [-0.2, 0) is 7.05 Å². The second-order valence-corrected chi connectivity index (χ2v) is 2.33. The normalized spacial score (nSPS) is 8.67. The molecule has 0 amide bonds. The van der Waals surface area contributed by atoms with Gasteiger partial charge in [-0.1, -0.05) is 13.8 Å². The number of hydrogen-bond donors (Lipinski definition) is 1. The van der Waals surface area contributed by atoms with Crippen molar-refractivity contribution in [3.05, 3.63) is 28.2 Å². The maximum atomic E-state index is 11.0. The fourth-order valence-corrected chi connectivity index (χ4v) is 0.740. The van der Waals surface area contributed by atoms with E-state index in [9.17, 15) is 4.79 Å². The first-order valence-electron chi connectivity index (χ1n) is 4.04. The Labute approximate surface area is 72.8 Å². The molecule has 0 aliphatic rings. The molecule has 1 rings (SSSR count). The molecule has 0 saturated carbocycles.